The predicted octanol–water partition coefficient (Wildman–Crippen LogP) is 2.10. The fourth-order valence-corrected chi connectivity index (χ4v) is 4.04. The smallest absolute Gasteiger partial charge is 0.250 e. The first-order chi connectivity index (χ1) is 12.7. The average molecular weight is 348 g/mol. The summed E-state index contributed by atoms with van der Waals surface area (Å²) in [5.41, 5.74) is 8.79. The number of carbonyl (C=O) groups is 1. The first-order valence-electron chi connectivity index (χ1n) is 8.90. The molecule has 5 rings (SSSR count). The lowest BCUT2D eigenvalue weighted by Gasteiger charge is -2.26. The van der Waals surface area contributed by atoms with E-state index in [1.807, 2.05) is 18.3 Å². The Kier molecular flexibility index (Phi) is 3.55. The van der Waals surface area contributed by atoms with Gasteiger partial charge in [0.25, 0.3) is 5.91 Å². The lowest BCUT2D eigenvalue weighted by atomic mass is 10.1. The second kappa shape index (κ2) is 5.93. The molecule has 2 fully saturated rings. The van der Waals surface area contributed by atoms with E-state index < -0.39 is 5.91 Å². The van der Waals surface area contributed by atoms with Gasteiger partial charge in [-0.3, -0.25) is 9.69 Å². The summed E-state index contributed by atoms with van der Waals surface area (Å²) in [4.78, 5) is 14.1. The van der Waals surface area contributed by atoms with E-state index in [1.54, 1.807) is 10.7 Å². The van der Waals surface area contributed by atoms with Crippen LogP contribution in [0.4, 0.5) is 0 Å². The summed E-state index contributed by atoms with van der Waals surface area (Å²) in [6, 6.07) is 14.5. The Morgan fingerprint density at radius 3 is 2.77 bits per heavy atom. The van der Waals surface area contributed by atoms with Crippen LogP contribution in [0.1, 0.15) is 22.3 Å². The number of likely N-dealkylation sites (tertiary alicyclic amines) is 1. The molecule has 1 aromatic heterocycles. The average Bonchev–Trinajstić information content (AvgIpc) is 3.36. The molecule has 2 aliphatic heterocycles. The third-order valence-electron chi connectivity index (χ3n) is 5.40. The Balaban J connectivity index is 1.39. The molecule has 1 amide bonds. The number of benzene rings is 2. The van der Waals surface area contributed by atoms with Gasteiger partial charge in [0.05, 0.1) is 24.0 Å². The van der Waals surface area contributed by atoms with Crippen molar-refractivity contribution in [3.05, 3.63) is 59.8 Å². The van der Waals surface area contributed by atoms with Crippen molar-refractivity contribution in [1.82, 2.24) is 14.7 Å². The molecule has 3 heterocycles. The molecule has 0 radical (unpaired) electrons. The van der Waals surface area contributed by atoms with Gasteiger partial charge in [0, 0.05) is 30.7 Å². The van der Waals surface area contributed by atoms with Crippen molar-refractivity contribution in [2.24, 2.45) is 5.73 Å². The fourth-order valence-electron chi connectivity index (χ4n) is 4.04. The number of carbonyl (C=O) groups excluding carboxylic acids is 1. The molecule has 26 heavy (non-hydrogen) atoms. The molecule has 6 heteroatoms. The third kappa shape index (κ3) is 2.58. The normalized spacial score (nSPS) is 22.3. The summed E-state index contributed by atoms with van der Waals surface area (Å²) in [7, 11) is 0. The van der Waals surface area contributed by atoms with Crippen LogP contribution in [-0.4, -0.2) is 45.9 Å². The number of amides is 1. The number of hydrogen-bond donors (Lipinski definition) is 1. The Morgan fingerprint density at radius 2 is 2.08 bits per heavy atom. The summed E-state index contributed by atoms with van der Waals surface area (Å²) in [6.45, 7) is 2.86. The quantitative estimate of drug-likeness (QED) is 0.784. The van der Waals surface area contributed by atoms with E-state index in [0.29, 0.717) is 23.2 Å². The van der Waals surface area contributed by atoms with Crippen molar-refractivity contribution in [1.29, 1.82) is 0 Å². The number of hydrogen-bond acceptors (Lipinski definition) is 4. The van der Waals surface area contributed by atoms with Gasteiger partial charge in [-0.1, -0.05) is 24.3 Å². The molecule has 0 spiro atoms. The van der Waals surface area contributed by atoms with Crippen molar-refractivity contribution in [3.63, 3.8) is 0 Å². The van der Waals surface area contributed by atoms with Crippen LogP contribution in [0.2, 0.25) is 0 Å². The number of aromatic nitrogens is 2. The summed E-state index contributed by atoms with van der Waals surface area (Å²) in [5.74, 6) is -0.458. The van der Waals surface area contributed by atoms with E-state index in [2.05, 4.69) is 34.3 Å². The van der Waals surface area contributed by atoms with E-state index in [-0.39, 0.29) is 0 Å². The van der Waals surface area contributed by atoms with Gasteiger partial charge in [-0.2, -0.15) is 5.10 Å². The summed E-state index contributed by atoms with van der Waals surface area (Å²) in [6.07, 6.45) is 3.52. The molecule has 6 nitrogen and oxygen atoms in total. The van der Waals surface area contributed by atoms with Crippen LogP contribution in [0, 0.1) is 0 Å². The number of fused-ring (bicyclic) bond motifs is 3. The van der Waals surface area contributed by atoms with E-state index in [4.69, 9.17) is 10.5 Å². The highest BCUT2D eigenvalue weighted by molar-refractivity contribution is 6.04. The highest BCUT2D eigenvalue weighted by Crippen LogP contribution is 2.29. The minimum absolute atomic E-state index is 0.426. The summed E-state index contributed by atoms with van der Waals surface area (Å²) in [5, 5.41) is 5.46. The maximum absolute atomic E-state index is 11.6. The van der Waals surface area contributed by atoms with Gasteiger partial charge >= 0.3 is 0 Å². The minimum atomic E-state index is -0.458. The van der Waals surface area contributed by atoms with Crippen molar-refractivity contribution in [2.75, 3.05) is 13.2 Å². The van der Waals surface area contributed by atoms with Gasteiger partial charge in [-0.15, -0.1) is 0 Å². The third-order valence-corrected chi connectivity index (χ3v) is 5.40. The van der Waals surface area contributed by atoms with Crippen LogP contribution in [0.25, 0.3) is 16.6 Å². The Bertz CT molecular complexity index is 979. The number of nitrogens with two attached hydrogens (primary N) is 1. The van der Waals surface area contributed by atoms with Gasteiger partial charge in [0.1, 0.15) is 5.52 Å². The predicted molar refractivity (Wildman–Crippen MR) is 98.1 cm³/mol. The molecular weight excluding hydrogens is 328 g/mol. The molecule has 0 unspecified atom stereocenters. The maximum Gasteiger partial charge on any atom is 0.250 e. The highest BCUT2D eigenvalue weighted by atomic mass is 16.5. The largest absolute Gasteiger partial charge is 0.375 e. The zero-order chi connectivity index (χ0) is 17.7. The Hall–Kier alpha value is -2.70. The molecule has 2 aliphatic rings. The van der Waals surface area contributed by atoms with Crippen LogP contribution in [0.5, 0.6) is 0 Å². The van der Waals surface area contributed by atoms with Gasteiger partial charge in [0.15, 0.2) is 0 Å². The van der Waals surface area contributed by atoms with Crippen LogP contribution >= 0.6 is 0 Å². The molecule has 0 saturated carbocycles. The minimum Gasteiger partial charge on any atom is -0.375 e. The SMILES string of the molecule is NC(=O)c1cccc2cn(-c3ccc(CN4C[C@H]5C[C@H]4CO5)cc3)nc12. The monoisotopic (exact) mass is 348 g/mol. The Labute approximate surface area is 151 Å². The van der Waals surface area contributed by atoms with Crippen LogP contribution < -0.4 is 5.73 Å². The Morgan fingerprint density at radius 1 is 1.23 bits per heavy atom. The molecule has 3 aromatic rings. The number of primary amides is 1. The molecule has 2 N–H and O–H groups in total. The fraction of sp³-hybridized carbons (Fsp3) is 0.300. The van der Waals surface area contributed by atoms with Gasteiger partial charge in [-0.25, -0.2) is 4.68 Å². The molecule has 132 valence electrons. The standard InChI is InChI=1S/C20H20N4O2/c21-20(25)18-3-1-2-14-10-24(22-19(14)18)15-6-4-13(5-7-15)9-23-11-17-8-16(23)12-26-17/h1-7,10,16-17H,8-9,11-12H2,(H2,21,25)/t16-,17+/m0/s1. The molecule has 2 aromatic carbocycles. The topological polar surface area (TPSA) is 73.4 Å². The molecule has 2 atom stereocenters. The summed E-state index contributed by atoms with van der Waals surface area (Å²) >= 11 is 0. The van der Waals surface area contributed by atoms with E-state index >= 15 is 0 Å². The first kappa shape index (κ1) is 15.5. The molecule has 2 saturated heterocycles. The van der Waals surface area contributed by atoms with Gasteiger partial charge in [-0.05, 0) is 30.2 Å². The molecule has 2 bridgehead atoms. The van der Waals surface area contributed by atoms with Crippen LogP contribution in [0.15, 0.2) is 48.7 Å². The first-order valence-corrected chi connectivity index (χ1v) is 8.90. The maximum atomic E-state index is 11.6. The van der Waals surface area contributed by atoms with Crippen molar-refractivity contribution in [3.8, 4) is 5.69 Å². The van der Waals surface area contributed by atoms with Gasteiger partial charge < -0.3 is 10.5 Å². The zero-order valence-electron chi connectivity index (χ0n) is 14.3. The lowest BCUT2D eigenvalue weighted by molar-refractivity contribution is 0.0273. The van der Waals surface area contributed by atoms with Crippen LogP contribution in [-0.2, 0) is 11.3 Å². The van der Waals surface area contributed by atoms with Crippen molar-refractivity contribution >= 4 is 16.8 Å². The van der Waals surface area contributed by atoms with Crippen molar-refractivity contribution in [2.45, 2.75) is 25.1 Å². The van der Waals surface area contributed by atoms with Gasteiger partial charge in [0.2, 0.25) is 0 Å². The highest BCUT2D eigenvalue weighted by Gasteiger charge is 2.38. The molecule has 0 aliphatic carbocycles. The van der Waals surface area contributed by atoms with Crippen molar-refractivity contribution < 1.29 is 9.53 Å². The number of rotatable bonds is 4. The second-order valence-electron chi connectivity index (χ2n) is 7.12. The number of nitrogens with zero attached hydrogens (tertiary/aromatic N) is 3. The zero-order valence-corrected chi connectivity index (χ0v) is 14.3. The van der Waals surface area contributed by atoms with E-state index in [1.165, 1.54) is 12.0 Å². The molecular formula is C20H20N4O2. The van der Waals surface area contributed by atoms with E-state index in [9.17, 15) is 4.79 Å². The van der Waals surface area contributed by atoms with Crippen LogP contribution in [0.3, 0.4) is 0 Å². The second-order valence-corrected chi connectivity index (χ2v) is 7.12. The number of ether oxygens (including phenoxy) is 1. The number of morpholine rings is 1. The van der Waals surface area contributed by atoms with E-state index in [0.717, 1.165) is 30.8 Å². The summed E-state index contributed by atoms with van der Waals surface area (Å²) < 4.78 is 7.46. The lowest BCUT2D eigenvalue weighted by Crippen LogP contribution is -2.36.